The molecule has 2 amide bonds. The number of hydrogen-bond acceptors (Lipinski definition) is 4. The second kappa shape index (κ2) is 8.12. The molecule has 0 radical (unpaired) electrons. The Balaban J connectivity index is 1.98. The van der Waals surface area contributed by atoms with E-state index in [2.05, 4.69) is 5.32 Å². The molecule has 0 bridgehead atoms. The van der Waals surface area contributed by atoms with Crippen molar-refractivity contribution in [1.82, 2.24) is 4.90 Å². The van der Waals surface area contributed by atoms with Crippen molar-refractivity contribution in [3.8, 4) is 6.07 Å². The Morgan fingerprint density at radius 3 is 2.50 bits per heavy atom. The fourth-order valence-corrected chi connectivity index (χ4v) is 3.11. The van der Waals surface area contributed by atoms with Crippen LogP contribution in [-0.4, -0.2) is 16.7 Å². The van der Waals surface area contributed by atoms with Gasteiger partial charge in [-0.3, -0.25) is 14.5 Å². The maximum atomic E-state index is 13.0. The van der Waals surface area contributed by atoms with Gasteiger partial charge < -0.3 is 5.32 Å². The predicted molar refractivity (Wildman–Crippen MR) is 108 cm³/mol. The van der Waals surface area contributed by atoms with Crippen LogP contribution in [0.3, 0.4) is 0 Å². The Hall–Kier alpha value is -3.36. The van der Waals surface area contributed by atoms with Crippen LogP contribution in [0, 0.1) is 18.3 Å². The van der Waals surface area contributed by atoms with Gasteiger partial charge in [-0.2, -0.15) is 5.26 Å². The molecule has 1 heterocycles. The maximum Gasteiger partial charge on any atom is 0.271 e. The van der Waals surface area contributed by atoms with Crippen molar-refractivity contribution in [3.05, 3.63) is 87.6 Å². The Morgan fingerprint density at radius 1 is 1.11 bits per heavy atom. The number of rotatable bonds is 4. The van der Waals surface area contributed by atoms with Crippen molar-refractivity contribution in [2.45, 2.75) is 20.4 Å². The van der Waals surface area contributed by atoms with Gasteiger partial charge in [0.1, 0.15) is 11.6 Å². The SMILES string of the molecule is CC1=C(C#N)C(=O)N(Cc2ccccc2)C(=O)/C1=C\Nc1cc(Cl)ccc1C. The first kappa shape index (κ1) is 19.4. The minimum absolute atomic E-state index is 0.0357. The van der Waals surface area contributed by atoms with Crippen LogP contribution >= 0.6 is 11.6 Å². The summed E-state index contributed by atoms with van der Waals surface area (Å²) in [6, 6.07) is 16.5. The van der Waals surface area contributed by atoms with E-state index in [1.807, 2.05) is 49.4 Å². The number of anilines is 1. The summed E-state index contributed by atoms with van der Waals surface area (Å²) in [4.78, 5) is 26.8. The summed E-state index contributed by atoms with van der Waals surface area (Å²) >= 11 is 6.04. The molecule has 3 rings (SSSR count). The molecule has 0 aliphatic carbocycles. The summed E-state index contributed by atoms with van der Waals surface area (Å²) in [5, 5.41) is 13.1. The molecule has 5 nitrogen and oxygen atoms in total. The molecular formula is C22H18ClN3O2. The molecule has 140 valence electrons. The normalized spacial score (nSPS) is 15.8. The number of carbonyl (C=O) groups excluding carboxylic acids is 2. The molecule has 6 heteroatoms. The number of amides is 2. The van der Waals surface area contributed by atoms with Crippen molar-refractivity contribution in [1.29, 1.82) is 5.26 Å². The van der Waals surface area contributed by atoms with E-state index in [1.165, 1.54) is 6.20 Å². The number of nitriles is 1. The van der Waals surface area contributed by atoms with Crippen LogP contribution in [0.2, 0.25) is 5.02 Å². The van der Waals surface area contributed by atoms with E-state index in [-0.39, 0.29) is 17.7 Å². The molecule has 1 aliphatic rings. The van der Waals surface area contributed by atoms with Gasteiger partial charge >= 0.3 is 0 Å². The van der Waals surface area contributed by atoms with Gasteiger partial charge in [-0.05, 0) is 42.7 Å². The largest absolute Gasteiger partial charge is 0.361 e. The lowest BCUT2D eigenvalue weighted by molar-refractivity contribution is -0.141. The van der Waals surface area contributed by atoms with Crippen LogP contribution in [0.15, 0.2) is 71.5 Å². The molecule has 2 aromatic carbocycles. The number of hydrogen-bond donors (Lipinski definition) is 1. The fourth-order valence-electron chi connectivity index (χ4n) is 2.94. The number of imide groups is 1. The number of carbonyl (C=O) groups is 2. The van der Waals surface area contributed by atoms with E-state index >= 15 is 0 Å². The highest BCUT2D eigenvalue weighted by molar-refractivity contribution is 6.30. The van der Waals surface area contributed by atoms with E-state index in [0.29, 0.717) is 10.6 Å². The molecule has 28 heavy (non-hydrogen) atoms. The standard InChI is InChI=1S/C22H18ClN3O2/c1-14-8-9-17(23)10-20(14)25-12-19-15(2)18(11-24)21(27)26(22(19)28)13-16-6-4-3-5-7-16/h3-10,12,25H,13H2,1-2H3/b19-12-. The minimum atomic E-state index is -0.579. The third kappa shape index (κ3) is 3.83. The molecule has 0 saturated heterocycles. The van der Waals surface area contributed by atoms with Gasteiger partial charge in [0.05, 0.1) is 12.1 Å². The third-order valence-corrected chi connectivity index (χ3v) is 4.82. The fraction of sp³-hybridized carbons (Fsp3) is 0.136. The lowest BCUT2D eigenvalue weighted by Crippen LogP contribution is -2.42. The van der Waals surface area contributed by atoms with E-state index in [1.54, 1.807) is 19.1 Å². The van der Waals surface area contributed by atoms with Gasteiger partial charge in [0.2, 0.25) is 0 Å². The molecular weight excluding hydrogens is 374 g/mol. The van der Waals surface area contributed by atoms with Gasteiger partial charge in [-0.15, -0.1) is 0 Å². The Morgan fingerprint density at radius 2 is 1.82 bits per heavy atom. The van der Waals surface area contributed by atoms with E-state index < -0.39 is 11.8 Å². The zero-order valence-corrected chi connectivity index (χ0v) is 16.2. The molecule has 1 N–H and O–H groups in total. The zero-order valence-electron chi connectivity index (χ0n) is 15.5. The van der Waals surface area contributed by atoms with Crippen molar-refractivity contribution in [2.75, 3.05) is 5.32 Å². The minimum Gasteiger partial charge on any atom is -0.361 e. The van der Waals surface area contributed by atoms with Gasteiger partial charge in [-0.1, -0.05) is 48.0 Å². The van der Waals surface area contributed by atoms with Crippen LogP contribution < -0.4 is 5.32 Å². The second-order valence-electron chi connectivity index (χ2n) is 6.46. The number of aryl methyl sites for hydroxylation is 1. The summed E-state index contributed by atoms with van der Waals surface area (Å²) in [5.74, 6) is -1.03. The topological polar surface area (TPSA) is 73.2 Å². The number of nitrogens with one attached hydrogen (secondary N) is 1. The highest BCUT2D eigenvalue weighted by atomic mass is 35.5. The smallest absolute Gasteiger partial charge is 0.271 e. The first-order valence-electron chi connectivity index (χ1n) is 8.66. The average Bonchev–Trinajstić information content (AvgIpc) is 2.69. The average molecular weight is 392 g/mol. The van der Waals surface area contributed by atoms with Crippen LogP contribution in [0.4, 0.5) is 5.69 Å². The first-order chi connectivity index (χ1) is 13.4. The van der Waals surface area contributed by atoms with Crippen molar-refractivity contribution < 1.29 is 9.59 Å². The highest BCUT2D eigenvalue weighted by Crippen LogP contribution is 2.27. The maximum absolute atomic E-state index is 13.0. The highest BCUT2D eigenvalue weighted by Gasteiger charge is 2.35. The Bertz CT molecular complexity index is 1050. The summed E-state index contributed by atoms with van der Waals surface area (Å²) in [7, 11) is 0. The molecule has 0 saturated carbocycles. The number of benzene rings is 2. The number of nitrogens with zero attached hydrogens (tertiary/aromatic N) is 2. The third-order valence-electron chi connectivity index (χ3n) is 4.58. The van der Waals surface area contributed by atoms with Gasteiger partial charge in [0, 0.05) is 16.9 Å². The van der Waals surface area contributed by atoms with Crippen molar-refractivity contribution in [2.24, 2.45) is 0 Å². The summed E-state index contributed by atoms with van der Waals surface area (Å²) < 4.78 is 0. The molecule has 1 aliphatic heterocycles. The van der Waals surface area contributed by atoms with Crippen LogP contribution in [-0.2, 0) is 16.1 Å². The predicted octanol–water partition coefficient (Wildman–Crippen LogP) is 4.35. The first-order valence-corrected chi connectivity index (χ1v) is 9.04. The Kier molecular flexibility index (Phi) is 5.62. The van der Waals surface area contributed by atoms with E-state index in [4.69, 9.17) is 11.6 Å². The molecule has 0 fully saturated rings. The quantitative estimate of drug-likeness (QED) is 0.621. The van der Waals surface area contributed by atoms with Gasteiger partial charge in [0.25, 0.3) is 11.8 Å². The summed E-state index contributed by atoms with van der Waals surface area (Å²) in [6.45, 7) is 3.62. The molecule has 0 unspecified atom stereocenters. The second-order valence-corrected chi connectivity index (χ2v) is 6.89. The lowest BCUT2D eigenvalue weighted by Gasteiger charge is -2.27. The van der Waals surface area contributed by atoms with Gasteiger partial charge in [0.15, 0.2) is 0 Å². The molecule has 2 aromatic rings. The van der Waals surface area contributed by atoms with Gasteiger partial charge in [-0.25, -0.2) is 0 Å². The molecule has 0 atom stereocenters. The van der Waals surface area contributed by atoms with Crippen LogP contribution in [0.1, 0.15) is 18.1 Å². The van der Waals surface area contributed by atoms with E-state index in [0.717, 1.165) is 21.7 Å². The zero-order chi connectivity index (χ0) is 20.3. The Labute approximate surface area is 168 Å². The molecule has 0 spiro atoms. The van der Waals surface area contributed by atoms with Crippen LogP contribution in [0.5, 0.6) is 0 Å². The molecule has 0 aromatic heterocycles. The lowest BCUT2D eigenvalue weighted by atomic mass is 9.95. The number of halogens is 1. The van der Waals surface area contributed by atoms with E-state index in [9.17, 15) is 14.9 Å². The van der Waals surface area contributed by atoms with Crippen molar-refractivity contribution >= 4 is 29.1 Å². The van der Waals surface area contributed by atoms with Crippen molar-refractivity contribution in [3.63, 3.8) is 0 Å². The monoisotopic (exact) mass is 391 g/mol. The van der Waals surface area contributed by atoms with Crippen LogP contribution in [0.25, 0.3) is 0 Å². The summed E-state index contributed by atoms with van der Waals surface area (Å²) in [6.07, 6.45) is 1.53. The summed E-state index contributed by atoms with van der Waals surface area (Å²) in [5.41, 5.74) is 3.08.